The highest BCUT2D eigenvalue weighted by Gasteiger charge is 2.62. The number of primary amides is 1. The van der Waals surface area contributed by atoms with Gasteiger partial charge in [0.05, 0.1) is 17.8 Å². The molecule has 0 unspecified atom stereocenters. The summed E-state index contributed by atoms with van der Waals surface area (Å²) >= 11 is 1.41. The number of phenols is 1. The van der Waals surface area contributed by atoms with Crippen molar-refractivity contribution in [1.29, 1.82) is 0 Å². The third kappa shape index (κ3) is 3.23. The Bertz CT molecular complexity index is 1190. The lowest BCUT2D eigenvalue weighted by molar-refractivity contribution is -0.140. The van der Waals surface area contributed by atoms with Gasteiger partial charge in [0.25, 0.3) is 5.91 Å². The second-order valence-electron chi connectivity index (χ2n) is 8.20. The van der Waals surface area contributed by atoms with E-state index in [1.807, 2.05) is 0 Å². The van der Waals surface area contributed by atoms with Crippen LogP contribution in [0.3, 0.4) is 0 Å². The minimum absolute atomic E-state index is 0.00203. The molecule has 0 saturated heterocycles. The highest BCUT2D eigenvalue weighted by atomic mass is 127. The molecule has 1 saturated carbocycles. The van der Waals surface area contributed by atoms with E-state index in [0.717, 1.165) is 0 Å². The number of rotatable bonds is 4. The molecule has 3 aliphatic rings. The van der Waals surface area contributed by atoms with Crippen LogP contribution in [0.25, 0.3) is 5.76 Å². The minimum atomic E-state index is -2.09. The average Bonchev–Trinajstić information content (AvgIpc) is 2.75. The van der Waals surface area contributed by atoms with Crippen LogP contribution >= 0.6 is 23.0 Å². The van der Waals surface area contributed by atoms with E-state index >= 15 is 0 Å². The van der Waals surface area contributed by atoms with E-state index in [1.165, 1.54) is 29.1 Å². The molecule has 33 heavy (non-hydrogen) atoms. The number of Topliss-reactive ketones (excluding diaryl/α,β-unsaturated/α-hetero) is 2. The molecule has 1 aromatic carbocycles. The number of aliphatic hydroxyl groups excluding tert-OH is 2. The highest BCUT2D eigenvalue weighted by Crippen LogP contribution is 2.54. The van der Waals surface area contributed by atoms with Crippen LogP contribution in [0.5, 0.6) is 5.75 Å². The number of hydrogen-bond donors (Lipinski definition) is 6. The van der Waals surface area contributed by atoms with E-state index in [4.69, 9.17) is 14.5 Å². The largest absolute Gasteiger partial charge is 0.508 e. The Hall–Kier alpha value is -2.97. The van der Waals surface area contributed by atoms with Crippen LogP contribution in [0.2, 0.25) is 0 Å². The van der Waals surface area contributed by atoms with Gasteiger partial charge in [-0.3, -0.25) is 22.2 Å². The van der Waals surface area contributed by atoms with E-state index < -0.39 is 63.7 Å². The summed E-state index contributed by atoms with van der Waals surface area (Å²) in [5.41, 5.74) is 8.12. The number of aromatic hydroxyl groups is 1. The summed E-state index contributed by atoms with van der Waals surface area (Å²) < 4.78 is 5.42. The predicted octanol–water partition coefficient (Wildman–Crippen LogP) is 0.695. The summed E-state index contributed by atoms with van der Waals surface area (Å²) in [5, 5.41) is 35.0. The number of ketones is 2. The van der Waals surface area contributed by atoms with E-state index in [2.05, 4.69) is 5.32 Å². The molecule has 0 aromatic heterocycles. The van der Waals surface area contributed by atoms with Crippen LogP contribution in [-0.2, 0) is 28.7 Å². The van der Waals surface area contributed by atoms with Crippen molar-refractivity contribution in [1.82, 2.24) is 0 Å². The number of hydrogen-bond acceptors (Lipinski definition) is 9. The maximum atomic E-state index is 13.7. The Morgan fingerprint density at radius 1 is 1.21 bits per heavy atom. The van der Waals surface area contributed by atoms with Crippen molar-refractivity contribution in [2.75, 3.05) is 11.9 Å². The molecule has 3 atom stereocenters. The van der Waals surface area contributed by atoms with Gasteiger partial charge in [0, 0.05) is 17.9 Å². The number of halogens is 1. The lowest BCUT2D eigenvalue weighted by Gasteiger charge is -2.47. The molecule has 0 spiro atoms. The number of benzene rings is 1. The number of nitrogens with one attached hydrogen (secondary N) is 1. The molecule has 2 amide bonds. The van der Waals surface area contributed by atoms with Gasteiger partial charge in [-0.1, -0.05) is 6.07 Å². The fourth-order valence-electron chi connectivity index (χ4n) is 5.01. The van der Waals surface area contributed by atoms with E-state index in [1.54, 1.807) is 6.07 Å². The first kappa shape index (κ1) is 23.2. The lowest BCUT2D eigenvalue weighted by Crippen LogP contribution is -2.58. The number of nitrogens with two attached hydrogens (primary N) is 2. The number of fused-ring (bicyclic) bond motifs is 3. The lowest BCUT2D eigenvalue weighted by atomic mass is 9.59. The van der Waals surface area contributed by atoms with Crippen LogP contribution in [-0.4, -0.2) is 50.8 Å². The Kier molecular flexibility index (Phi) is 5.70. The van der Waals surface area contributed by atoms with Crippen molar-refractivity contribution >= 4 is 57.8 Å². The summed E-state index contributed by atoms with van der Waals surface area (Å²) in [4.78, 5) is 49.6. The number of amides is 2. The van der Waals surface area contributed by atoms with Gasteiger partial charge in [-0.15, -0.1) is 0 Å². The Balaban J connectivity index is 1.90. The first-order valence-corrected chi connectivity index (χ1v) is 10.9. The van der Waals surface area contributed by atoms with Crippen LogP contribution in [0.15, 0.2) is 29.0 Å². The number of anilines is 1. The topological polar surface area (TPSA) is 202 Å². The van der Waals surface area contributed by atoms with Gasteiger partial charge in [0.2, 0.25) is 17.3 Å². The second-order valence-corrected chi connectivity index (χ2v) is 8.64. The minimum Gasteiger partial charge on any atom is -0.508 e. The maximum absolute atomic E-state index is 13.7. The predicted molar refractivity (Wildman–Crippen MR) is 122 cm³/mol. The zero-order valence-corrected chi connectivity index (χ0v) is 19.2. The molecular weight excluding hydrogens is 549 g/mol. The summed E-state index contributed by atoms with van der Waals surface area (Å²) in [6, 6.07) is 3.06. The zero-order chi connectivity index (χ0) is 24.2. The molecule has 4 rings (SSSR count). The number of carbonyl (C=O) groups excluding carboxylic acids is 4. The average molecular weight is 569 g/mol. The molecule has 3 aliphatic carbocycles. The van der Waals surface area contributed by atoms with Gasteiger partial charge in [0.15, 0.2) is 5.78 Å². The molecule has 12 heteroatoms. The van der Waals surface area contributed by atoms with Crippen LogP contribution in [0, 0.1) is 11.8 Å². The second kappa shape index (κ2) is 8.11. The standard InChI is InChI=1S/C21H20IN3O8/c22-33-21-9(5-11(26)15(19(21)31)20(24)32)4-8-3-7-1-2-10(25-12(27)6-23)16(28)13(7)17(29)14(8)18(21)30/h1-2,8-9,28-29,31H,3-6,23H2,(H2,24,32)(H,25,27)/t8-,9-,21-/m0/s1. The SMILES string of the molecule is NCC(=O)Nc1ccc2c(c1O)C(O)=C1C(=O)[C@]3(OI)C(O)=C(C(N)=O)C(=O)C[C@@H]3C[C@@H]1C2. The van der Waals surface area contributed by atoms with Crippen molar-refractivity contribution in [2.24, 2.45) is 23.3 Å². The van der Waals surface area contributed by atoms with Crippen molar-refractivity contribution in [3.63, 3.8) is 0 Å². The third-order valence-corrected chi connectivity index (χ3v) is 7.18. The first-order valence-electron chi connectivity index (χ1n) is 9.97. The number of aliphatic hydroxyl groups is 2. The molecule has 174 valence electrons. The smallest absolute Gasteiger partial charge is 0.255 e. The van der Waals surface area contributed by atoms with Crippen LogP contribution in [0.4, 0.5) is 5.69 Å². The Morgan fingerprint density at radius 3 is 2.52 bits per heavy atom. The summed E-state index contributed by atoms with van der Waals surface area (Å²) in [5.74, 6) is -6.48. The first-order chi connectivity index (χ1) is 15.6. The fourth-order valence-corrected chi connectivity index (χ4v) is 5.78. The van der Waals surface area contributed by atoms with Crippen molar-refractivity contribution < 1.29 is 37.6 Å². The van der Waals surface area contributed by atoms with Gasteiger partial charge in [-0.2, -0.15) is 0 Å². The summed E-state index contributed by atoms with van der Waals surface area (Å²) in [7, 11) is 0. The fraction of sp³-hybridized carbons (Fsp3) is 0.333. The van der Waals surface area contributed by atoms with Crippen molar-refractivity contribution in [3.8, 4) is 5.75 Å². The maximum Gasteiger partial charge on any atom is 0.255 e. The van der Waals surface area contributed by atoms with Gasteiger partial charge in [0.1, 0.15) is 45.8 Å². The zero-order valence-electron chi connectivity index (χ0n) is 17.1. The van der Waals surface area contributed by atoms with Crippen LogP contribution in [0.1, 0.15) is 24.0 Å². The normalized spacial score (nSPS) is 26.5. The Morgan fingerprint density at radius 2 is 1.91 bits per heavy atom. The number of carbonyl (C=O) groups is 4. The summed E-state index contributed by atoms with van der Waals surface area (Å²) in [6.45, 7) is -0.326. The van der Waals surface area contributed by atoms with Crippen molar-refractivity contribution in [3.05, 3.63) is 40.2 Å². The molecule has 8 N–H and O–H groups in total. The molecule has 1 fully saturated rings. The third-order valence-electron chi connectivity index (χ3n) is 6.48. The quantitative estimate of drug-likeness (QED) is 0.171. The molecular formula is C21H20IN3O8. The van der Waals surface area contributed by atoms with Gasteiger partial charge in [-0.05, 0) is 30.4 Å². The van der Waals surface area contributed by atoms with E-state index in [-0.39, 0.29) is 42.6 Å². The molecule has 11 nitrogen and oxygen atoms in total. The molecule has 0 heterocycles. The van der Waals surface area contributed by atoms with Gasteiger partial charge in [-0.25, -0.2) is 0 Å². The van der Waals surface area contributed by atoms with E-state index in [0.29, 0.717) is 5.56 Å². The van der Waals surface area contributed by atoms with Gasteiger partial charge >= 0.3 is 0 Å². The molecule has 1 aromatic rings. The highest BCUT2D eigenvalue weighted by molar-refractivity contribution is 14.1. The number of phenolic OH excluding ortho intramolecular Hbond substituents is 1. The summed E-state index contributed by atoms with van der Waals surface area (Å²) in [6.07, 6.45) is 0.180. The van der Waals surface area contributed by atoms with E-state index in [9.17, 15) is 34.5 Å². The molecule has 0 radical (unpaired) electrons. The Labute approximate surface area is 201 Å². The van der Waals surface area contributed by atoms with Gasteiger partial charge < -0.3 is 32.1 Å². The molecule has 0 bridgehead atoms. The van der Waals surface area contributed by atoms with Crippen LogP contribution < -0.4 is 16.8 Å². The van der Waals surface area contributed by atoms with Crippen molar-refractivity contribution in [2.45, 2.75) is 24.9 Å². The molecule has 0 aliphatic heterocycles. The monoisotopic (exact) mass is 569 g/mol.